The lowest BCUT2D eigenvalue weighted by Gasteiger charge is -2.27. The van der Waals surface area contributed by atoms with Gasteiger partial charge in [-0.2, -0.15) is 0 Å². The smallest absolute Gasteiger partial charge is 0.137 e. The topological polar surface area (TPSA) is 49.3 Å². The molecule has 48 heavy (non-hydrogen) atoms. The predicted octanol–water partition coefficient (Wildman–Crippen LogP) is 11.9. The minimum Gasteiger partial charge on any atom is -0.507 e. The van der Waals surface area contributed by atoms with Crippen molar-refractivity contribution in [1.29, 1.82) is 0 Å². The largest absolute Gasteiger partial charge is 0.507 e. The summed E-state index contributed by atoms with van der Waals surface area (Å²) in [6.45, 7) is 13.6. The van der Waals surface area contributed by atoms with Crippen LogP contribution >= 0.6 is 0 Å². The van der Waals surface area contributed by atoms with Gasteiger partial charge in [-0.3, -0.25) is 4.90 Å². The van der Waals surface area contributed by atoms with E-state index in [0.717, 1.165) is 55.7 Å². The number of hydrogen-bond donors (Lipinski definition) is 1. The summed E-state index contributed by atoms with van der Waals surface area (Å²) in [6, 6.07) is 43.8. The van der Waals surface area contributed by atoms with Gasteiger partial charge in [-0.15, -0.1) is 0 Å². The molecule has 238 valence electrons. The van der Waals surface area contributed by atoms with E-state index in [0.29, 0.717) is 5.56 Å². The van der Waals surface area contributed by atoms with Crippen LogP contribution in [0.25, 0.3) is 44.1 Å². The molecule has 0 amide bonds. The van der Waals surface area contributed by atoms with Gasteiger partial charge in [0.1, 0.15) is 11.6 Å². The summed E-state index contributed by atoms with van der Waals surface area (Å²) in [5.74, 6) is 1.04. The quantitative estimate of drug-likeness (QED) is 0.193. The molecular weight excluding hydrogens is 587 g/mol. The lowest BCUT2D eigenvalue weighted by atomic mass is 9.78. The number of hydrogen-bond acceptors (Lipinski definition) is 4. The number of phenolic OH excluding ortho intramolecular Hbond substituents is 1. The van der Waals surface area contributed by atoms with Crippen molar-refractivity contribution in [3.8, 4) is 28.1 Å². The van der Waals surface area contributed by atoms with Crippen molar-refractivity contribution in [1.82, 2.24) is 9.97 Å². The van der Waals surface area contributed by atoms with E-state index in [2.05, 4.69) is 113 Å². The maximum absolute atomic E-state index is 11.0. The molecular formula is C44H41N3O. The maximum atomic E-state index is 11.0. The summed E-state index contributed by atoms with van der Waals surface area (Å²) < 4.78 is 0. The van der Waals surface area contributed by atoms with Crippen molar-refractivity contribution in [2.24, 2.45) is 0 Å². The van der Waals surface area contributed by atoms with Crippen LogP contribution in [0.2, 0.25) is 0 Å². The number of phenols is 1. The number of rotatable bonds is 5. The first-order chi connectivity index (χ1) is 23.0. The summed E-state index contributed by atoms with van der Waals surface area (Å²) >= 11 is 0. The van der Waals surface area contributed by atoms with Crippen LogP contribution in [0.3, 0.4) is 0 Å². The number of aromatic nitrogens is 2. The van der Waals surface area contributed by atoms with Gasteiger partial charge < -0.3 is 5.11 Å². The van der Waals surface area contributed by atoms with E-state index in [1.165, 1.54) is 11.1 Å². The molecule has 0 spiro atoms. The minimum absolute atomic E-state index is 0.0344. The molecule has 0 fully saturated rings. The number of fused-ring (bicyclic) bond motifs is 3. The molecule has 0 aliphatic carbocycles. The number of nitrogens with zero attached hydrogens (tertiary/aromatic N) is 3. The molecule has 1 N–H and O–H groups in total. The summed E-state index contributed by atoms with van der Waals surface area (Å²) in [4.78, 5) is 12.2. The molecule has 0 aliphatic rings. The van der Waals surface area contributed by atoms with Crippen LogP contribution < -0.4 is 4.90 Å². The van der Waals surface area contributed by atoms with Crippen molar-refractivity contribution in [2.45, 2.75) is 52.4 Å². The zero-order valence-electron chi connectivity index (χ0n) is 28.5. The Bertz CT molecular complexity index is 2190. The predicted molar refractivity (Wildman–Crippen MR) is 202 cm³/mol. The Labute approximate surface area is 283 Å². The van der Waals surface area contributed by atoms with Crippen LogP contribution in [0.4, 0.5) is 17.2 Å². The van der Waals surface area contributed by atoms with Crippen LogP contribution in [0, 0.1) is 0 Å². The van der Waals surface area contributed by atoms with Gasteiger partial charge in [-0.1, -0.05) is 114 Å². The average molecular weight is 628 g/mol. The second kappa shape index (κ2) is 12.0. The highest BCUT2D eigenvalue weighted by Crippen LogP contribution is 2.42. The van der Waals surface area contributed by atoms with Crippen molar-refractivity contribution < 1.29 is 5.11 Å². The Morgan fingerprint density at radius 1 is 0.562 bits per heavy atom. The molecule has 0 bridgehead atoms. The molecule has 5 aromatic carbocycles. The fourth-order valence-corrected chi connectivity index (χ4v) is 6.33. The molecule has 0 saturated carbocycles. The molecule has 0 saturated heterocycles. The normalized spacial score (nSPS) is 12.0. The van der Waals surface area contributed by atoms with E-state index in [1.54, 1.807) is 6.07 Å². The Kier molecular flexibility index (Phi) is 7.75. The van der Waals surface area contributed by atoms with E-state index in [1.807, 2.05) is 60.8 Å². The maximum Gasteiger partial charge on any atom is 0.137 e. The molecule has 2 aromatic heterocycles. The summed E-state index contributed by atoms with van der Waals surface area (Å²) in [7, 11) is 0. The first kappa shape index (κ1) is 31.1. The third-order valence-electron chi connectivity index (χ3n) is 9.09. The minimum atomic E-state index is -0.0344. The van der Waals surface area contributed by atoms with Crippen LogP contribution in [0.15, 0.2) is 134 Å². The van der Waals surface area contributed by atoms with Crippen molar-refractivity contribution in [3.63, 3.8) is 0 Å². The van der Waals surface area contributed by atoms with E-state index >= 15 is 0 Å². The fraction of sp³-hybridized carbons (Fsp3) is 0.182. The molecule has 7 rings (SSSR count). The van der Waals surface area contributed by atoms with Gasteiger partial charge in [-0.05, 0) is 93.1 Å². The van der Waals surface area contributed by atoms with E-state index in [9.17, 15) is 5.11 Å². The van der Waals surface area contributed by atoms with Gasteiger partial charge in [0.05, 0.1) is 11.2 Å². The second-order valence-electron chi connectivity index (χ2n) is 14.6. The van der Waals surface area contributed by atoms with Crippen molar-refractivity contribution in [3.05, 3.63) is 145 Å². The highest BCUT2D eigenvalue weighted by atomic mass is 16.3. The molecule has 7 aromatic rings. The van der Waals surface area contributed by atoms with Crippen LogP contribution in [0.1, 0.15) is 52.7 Å². The average Bonchev–Trinajstić information content (AvgIpc) is 3.08. The Morgan fingerprint density at radius 2 is 1.23 bits per heavy atom. The molecule has 0 aliphatic heterocycles. The van der Waals surface area contributed by atoms with E-state index < -0.39 is 0 Å². The van der Waals surface area contributed by atoms with Gasteiger partial charge in [0.2, 0.25) is 0 Å². The van der Waals surface area contributed by atoms with E-state index in [-0.39, 0.29) is 16.6 Å². The first-order valence-corrected chi connectivity index (χ1v) is 16.6. The third kappa shape index (κ3) is 5.91. The molecule has 0 radical (unpaired) electrons. The fourth-order valence-electron chi connectivity index (χ4n) is 6.33. The highest BCUT2D eigenvalue weighted by molar-refractivity contribution is 6.12. The van der Waals surface area contributed by atoms with Gasteiger partial charge in [-0.25, -0.2) is 9.97 Å². The third-order valence-corrected chi connectivity index (χ3v) is 9.09. The zero-order chi connectivity index (χ0) is 33.6. The second-order valence-corrected chi connectivity index (χ2v) is 14.6. The SMILES string of the molecule is CC(C)(C)c1cc(-c2cc(-c3ccccc3O)nc3c2ccc2ccc(N(c4ccccc4)c4ccccn4)cc23)cc(C(C)(C)C)c1. The van der Waals surface area contributed by atoms with Gasteiger partial charge in [0.15, 0.2) is 0 Å². The van der Waals surface area contributed by atoms with Crippen LogP contribution in [-0.4, -0.2) is 15.1 Å². The van der Waals surface area contributed by atoms with Gasteiger partial charge in [0, 0.05) is 33.9 Å². The first-order valence-electron chi connectivity index (χ1n) is 16.6. The molecule has 0 unspecified atom stereocenters. The summed E-state index contributed by atoms with van der Waals surface area (Å²) in [5.41, 5.74) is 9.07. The number of para-hydroxylation sites is 2. The molecule has 0 atom stereocenters. The van der Waals surface area contributed by atoms with Crippen molar-refractivity contribution in [2.75, 3.05) is 4.90 Å². The van der Waals surface area contributed by atoms with E-state index in [4.69, 9.17) is 9.97 Å². The van der Waals surface area contributed by atoms with Gasteiger partial charge in [0.25, 0.3) is 0 Å². The Hall–Kier alpha value is -5.48. The Morgan fingerprint density at radius 3 is 1.90 bits per heavy atom. The van der Waals surface area contributed by atoms with Crippen LogP contribution in [0.5, 0.6) is 5.75 Å². The summed E-state index contributed by atoms with van der Waals surface area (Å²) in [6.07, 6.45) is 1.83. The monoisotopic (exact) mass is 627 g/mol. The molecule has 2 heterocycles. The number of anilines is 3. The molecule has 4 nitrogen and oxygen atoms in total. The van der Waals surface area contributed by atoms with Crippen LogP contribution in [-0.2, 0) is 10.8 Å². The number of aromatic hydroxyl groups is 1. The van der Waals surface area contributed by atoms with Crippen molar-refractivity contribution >= 4 is 38.9 Å². The standard InChI is InChI=1S/C44H41N3O/c1-43(2,3)31-24-30(25-32(26-31)44(4,5)6)37-28-39(36-16-10-11-17-40(36)48)46-42-35(37)22-20-29-19-21-34(27-38(29)42)47(33-14-8-7-9-15-33)41-18-12-13-23-45-41/h7-28,48H,1-6H3. The summed E-state index contributed by atoms with van der Waals surface area (Å²) in [5, 5.41) is 14.2. The highest BCUT2D eigenvalue weighted by Gasteiger charge is 2.23. The zero-order valence-corrected chi connectivity index (χ0v) is 28.5. The van der Waals surface area contributed by atoms with Gasteiger partial charge >= 0.3 is 0 Å². The number of pyridine rings is 2. The lowest BCUT2D eigenvalue weighted by molar-refractivity contribution is 0.477. The number of benzene rings is 5. The lowest BCUT2D eigenvalue weighted by Crippen LogP contribution is -2.16. The Balaban J connectivity index is 1.55. The molecule has 4 heteroatoms.